The maximum Gasteiger partial charge on any atom is 0.227 e. The van der Waals surface area contributed by atoms with Crippen molar-refractivity contribution in [1.82, 2.24) is 15.5 Å². The van der Waals surface area contributed by atoms with Gasteiger partial charge in [-0.3, -0.25) is 14.7 Å². The number of hydrogen-bond acceptors (Lipinski definition) is 3. The molecule has 0 radical (unpaired) electrons. The smallest absolute Gasteiger partial charge is 0.227 e. The molecule has 6 nitrogen and oxygen atoms in total. The lowest BCUT2D eigenvalue weighted by Crippen LogP contribution is -2.24. The van der Waals surface area contributed by atoms with Crippen molar-refractivity contribution in [3.8, 4) is 0 Å². The Morgan fingerprint density at radius 3 is 2.70 bits per heavy atom. The van der Waals surface area contributed by atoms with Gasteiger partial charge in [0.1, 0.15) is 0 Å². The third-order valence-corrected chi connectivity index (χ3v) is 5.54. The molecule has 2 heterocycles. The molecule has 0 unspecified atom stereocenters. The van der Waals surface area contributed by atoms with Crippen molar-refractivity contribution < 1.29 is 9.59 Å². The molecule has 0 atom stereocenters. The number of fused-ring (bicyclic) bond motifs is 1. The number of H-pyrrole nitrogens is 1. The third-order valence-electron chi connectivity index (χ3n) is 5.54. The van der Waals surface area contributed by atoms with Crippen molar-refractivity contribution in [3.05, 3.63) is 46.8 Å². The van der Waals surface area contributed by atoms with E-state index in [-0.39, 0.29) is 11.8 Å². The summed E-state index contributed by atoms with van der Waals surface area (Å²) >= 11 is 0. The van der Waals surface area contributed by atoms with E-state index in [1.165, 1.54) is 24.1 Å². The molecular formula is C21H26N4O2. The number of hydrogen-bond donors (Lipinski definition) is 2. The fourth-order valence-corrected chi connectivity index (χ4v) is 3.99. The molecule has 1 aliphatic carbocycles. The second kappa shape index (κ2) is 7.94. The lowest BCUT2D eigenvalue weighted by molar-refractivity contribution is -0.121. The van der Waals surface area contributed by atoms with E-state index in [1.807, 2.05) is 29.2 Å². The van der Waals surface area contributed by atoms with Crippen LogP contribution in [0, 0.1) is 0 Å². The Hall–Kier alpha value is -2.63. The lowest BCUT2D eigenvalue weighted by Gasteiger charge is -2.16. The Bertz CT molecular complexity index is 825. The van der Waals surface area contributed by atoms with E-state index in [4.69, 9.17) is 0 Å². The number of aryl methyl sites for hydroxylation is 2. The second-order valence-corrected chi connectivity index (χ2v) is 7.43. The Morgan fingerprint density at radius 2 is 1.93 bits per heavy atom. The molecule has 2 aliphatic rings. The first-order valence-corrected chi connectivity index (χ1v) is 9.92. The van der Waals surface area contributed by atoms with Crippen LogP contribution in [0.5, 0.6) is 0 Å². The van der Waals surface area contributed by atoms with Gasteiger partial charge in [-0.1, -0.05) is 12.1 Å². The van der Waals surface area contributed by atoms with Gasteiger partial charge in [0.2, 0.25) is 11.8 Å². The van der Waals surface area contributed by atoms with Crippen LogP contribution in [-0.4, -0.2) is 28.6 Å². The SMILES string of the molecule is O=C(CCc1n[nH]c2c1CCCC2)NCc1ccc(N2CCCC2=O)cc1. The van der Waals surface area contributed by atoms with Gasteiger partial charge in [0.05, 0.1) is 5.69 Å². The number of anilines is 1. The van der Waals surface area contributed by atoms with E-state index in [9.17, 15) is 9.59 Å². The molecule has 0 bridgehead atoms. The molecule has 27 heavy (non-hydrogen) atoms. The monoisotopic (exact) mass is 366 g/mol. The molecule has 2 aromatic rings. The van der Waals surface area contributed by atoms with Gasteiger partial charge < -0.3 is 10.2 Å². The predicted octanol–water partition coefficient (Wildman–Crippen LogP) is 2.66. The highest BCUT2D eigenvalue weighted by Crippen LogP contribution is 2.23. The summed E-state index contributed by atoms with van der Waals surface area (Å²) in [6.07, 6.45) is 7.30. The molecule has 0 spiro atoms. The van der Waals surface area contributed by atoms with Crippen LogP contribution in [0.1, 0.15) is 54.6 Å². The number of benzene rings is 1. The standard InChI is InChI=1S/C21H26N4O2/c26-20(12-11-19-17-4-1-2-5-18(17)23-24-19)22-14-15-7-9-16(10-8-15)25-13-3-6-21(25)27/h7-10H,1-6,11-14H2,(H,22,26)(H,23,24). The van der Waals surface area contributed by atoms with Gasteiger partial charge in [0.25, 0.3) is 0 Å². The van der Waals surface area contributed by atoms with Crippen LogP contribution in [0.3, 0.4) is 0 Å². The van der Waals surface area contributed by atoms with E-state index in [0.717, 1.165) is 42.8 Å². The molecule has 1 aliphatic heterocycles. The van der Waals surface area contributed by atoms with Crippen LogP contribution < -0.4 is 10.2 Å². The lowest BCUT2D eigenvalue weighted by atomic mass is 9.94. The number of nitrogens with zero attached hydrogens (tertiary/aromatic N) is 2. The molecule has 1 aromatic carbocycles. The zero-order chi connectivity index (χ0) is 18.6. The average molecular weight is 366 g/mol. The zero-order valence-corrected chi connectivity index (χ0v) is 15.6. The van der Waals surface area contributed by atoms with E-state index in [2.05, 4.69) is 15.5 Å². The summed E-state index contributed by atoms with van der Waals surface area (Å²) in [5, 5.41) is 10.5. The summed E-state index contributed by atoms with van der Waals surface area (Å²) in [5.41, 5.74) is 5.63. The minimum Gasteiger partial charge on any atom is -0.352 e. The number of carbonyl (C=O) groups excluding carboxylic acids is 2. The number of amides is 2. The molecule has 142 valence electrons. The van der Waals surface area contributed by atoms with Gasteiger partial charge >= 0.3 is 0 Å². The van der Waals surface area contributed by atoms with Crippen LogP contribution in [0.4, 0.5) is 5.69 Å². The number of carbonyl (C=O) groups is 2. The maximum absolute atomic E-state index is 12.2. The zero-order valence-electron chi connectivity index (χ0n) is 15.6. The Balaban J connectivity index is 1.25. The number of nitrogens with one attached hydrogen (secondary N) is 2. The minimum atomic E-state index is 0.0429. The largest absolute Gasteiger partial charge is 0.352 e. The molecule has 1 aromatic heterocycles. The Labute approximate surface area is 159 Å². The number of aromatic amines is 1. The maximum atomic E-state index is 12.2. The van der Waals surface area contributed by atoms with Gasteiger partial charge in [0, 0.05) is 43.7 Å². The summed E-state index contributed by atoms with van der Waals surface area (Å²) in [5.74, 6) is 0.234. The number of aromatic nitrogens is 2. The number of rotatable bonds is 6. The summed E-state index contributed by atoms with van der Waals surface area (Å²) in [6.45, 7) is 1.30. The Morgan fingerprint density at radius 1 is 1.11 bits per heavy atom. The van der Waals surface area contributed by atoms with E-state index in [0.29, 0.717) is 25.8 Å². The summed E-state index contributed by atoms with van der Waals surface area (Å²) < 4.78 is 0. The van der Waals surface area contributed by atoms with Crippen LogP contribution in [-0.2, 0) is 35.4 Å². The normalized spacial score (nSPS) is 16.4. The molecule has 1 fully saturated rings. The molecule has 0 saturated carbocycles. The summed E-state index contributed by atoms with van der Waals surface area (Å²) in [7, 11) is 0. The fourth-order valence-electron chi connectivity index (χ4n) is 3.99. The van der Waals surface area contributed by atoms with Gasteiger partial charge in [-0.2, -0.15) is 5.10 Å². The van der Waals surface area contributed by atoms with Crippen molar-refractivity contribution in [2.45, 2.75) is 57.9 Å². The van der Waals surface area contributed by atoms with Crippen LogP contribution in [0.25, 0.3) is 0 Å². The van der Waals surface area contributed by atoms with Crippen molar-refractivity contribution >= 4 is 17.5 Å². The van der Waals surface area contributed by atoms with Crippen molar-refractivity contribution in [2.24, 2.45) is 0 Å². The molecule has 2 amide bonds. The highest BCUT2D eigenvalue weighted by molar-refractivity contribution is 5.95. The van der Waals surface area contributed by atoms with Gasteiger partial charge in [-0.25, -0.2) is 0 Å². The van der Waals surface area contributed by atoms with E-state index >= 15 is 0 Å². The van der Waals surface area contributed by atoms with Crippen LogP contribution in [0.15, 0.2) is 24.3 Å². The van der Waals surface area contributed by atoms with Crippen molar-refractivity contribution in [1.29, 1.82) is 0 Å². The van der Waals surface area contributed by atoms with Crippen molar-refractivity contribution in [2.75, 3.05) is 11.4 Å². The molecule has 4 rings (SSSR count). The average Bonchev–Trinajstić information content (AvgIpc) is 3.31. The molecular weight excluding hydrogens is 340 g/mol. The highest BCUT2D eigenvalue weighted by atomic mass is 16.2. The van der Waals surface area contributed by atoms with E-state index < -0.39 is 0 Å². The first kappa shape index (κ1) is 17.8. The fraction of sp³-hybridized carbons (Fsp3) is 0.476. The first-order chi connectivity index (χ1) is 13.2. The Kier molecular flexibility index (Phi) is 5.23. The summed E-state index contributed by atoms with van der Waals surface area (Å²) in [6, 6.07) is 7.87. The van der Waals surface area contributed by atoms with Crippen molar-refractivity contribution in [3.63, 3.8) is 0 Å². The van der Waals surface area contributed by atoms with Gasteiger partial charge in [-0.15, -0.1) is 0 Å². The van der Waals surface area contributed by atoms with Crippen LogP contribution in [0.2, 0.25) is 0 Å². The molecule has 2 N–H and O–H groups in total. The second-order valence-electron chi connectivity index (χ2n) is 7.43. The van der Waals surface area contributed by atoms with Gasteiger partial charge in [0.15, 0.2) is 0 Å². The molecule has 1 saturated heterocycles. The highest BCUT2D eigenvalue weighted by Gasteiger charge is 2.21. The topological polar surface area (TPSA) is 78.1 Å². The molecule has 6 heteroatoms. The summed E-state index contributed by atoms with van der Waals surface area (Å²) in [4.78, 5) is 25.8. The van der Waals surface area contributed by atoms with Gasteiger partial charge in [-0.05, 0) is 55.4 Å². The van der Waals surface area contributed by atoms with E-state index in [1.54, 1.807) is 0 Å². The minimum absolute atomic E-state index is 0.0429. The third kappa shape index (κ3) is 4.04. The quantitative estimate of drug-likeness (QED) is 0.825. The van der Waals surface area contributed by atoms with Crippen LogP contribution >= 0.6 is 0 Å². The first-order valence-electron chi connectivity index (χ1n) is 9.92. The predicted molar refractivity (Wildman–Crippen MR) is 103 cm³/mol.